The van der Waals surface area contributed by atoms with E-state index in [1.165, 1.54) is 0 Å². The molecule has 7 heteroatoms. The third-order valence-electron chi connectivity index (χ3n) is 4.20. The summed E-state index contributed by atoms with van der Waals surface area (Å²) in [6.07, 6.45) is 4.71. The monoisotopic (exact) mass is 333 g/mol. The van der Waals surface area contributed by atoms with Crippen molar-refractivity contribution in [2.24, 2.45) is 0 Å². The highest BCUT2D eigenvalue weighted by molar-refractivity contribution is 6.30. The zero-order valence-electron chi connectivity index (χ0n) is 13.1. The molecule has 1 atom stereocenters. The number of amides is 1. The molecule has 1 N–H and O–H groups in total. The van der Waals surface area contributed by atoms with Crippen LogP contribution in [0.25, 0.3) is 5.69 Å². The van der Waals surface area contributed by atoms with Crippen molar-refractivity contribution in [1.82, 2.24) is 25.2 Å². The molecule has 2 aromatic rings. The minimum absolute atomic E-state index is 0.0924. The first-order valence-corrected chi connectivity index (χ1v) is 8.19. The summed E-state index contributed by atoms with van der Waals surface area (Å²) in [7, 11) is 1.84. The van der Waals surface area contributed by atoms with E-state index in [1.807, 2.05) is 19.2 Å². The summed E-state index contributed by atoms with van der Waals surface area (Å²) in [5, 5.41) is 12.0. The van der Waals surface area contributed by atoms with Crippen LogP contribution in [-0.2, 0) is 0 Å². The lowest BCUT2D eigenvalue weighted by atomic mass is 10.1. The number of hydrogen-bond donors (Lipinski definition) is 1. The first-order valence-electron chi connectivity index (χ1n) is 7.81. The number of carbonyl (C=O) groups excluding carboxylic acids is 1. The number of nitrogens with zero attached hydrogens (tertiary/aromatic N) is 4. The van der Waals surface area contributed by atoms with Gasteiger partial charge in [0.2, 0.25) is 0 Å². The number of benzene rings is 1. The van der Waals surface area contributed by atoms with Crippen molar-refractivity contribution in [1.29, 1.82) is 0 Å². The lowest BCUT2D eigenvalue weighted by molar-refractivity contribution is 0.0714. The molecule has 0 saturated carbocycles. The first-order chi connectivity index (χ1) is 11.1. The van der Waals surface area contributed by atoms with Gasteiger partial charge in [-0.25, -0.2) is 4.68 Å². The third-order valence-corrected chi connectivity index (χ3v) is 4.43. The Labute approximate surface area is 140 Å². The summed E-state index contributed by atoms with van der Waals surface area (Å²) in [6.45, 7) is 1.96. The van der Waals surface area contributed by atoms with Gasteiger partial charge in [0.1, 0.15) is 0 Å². The minimum atomic E-state index is -0.0924. The zero-order valence-corrected chi connectivity index (χ0v) is 13.8. The van der Waals surface area contributed by atoms with Crippen LogP contribution < -0.4 is 5.32 Å². The number of halogens is 1. The van der Waals surface area contributed by atoms with Crippen LogP contribution in [0.2, 0.25) is 5.02 Å². The molecule has 122 valence electrons. The Kier molecular flexibility index (Phi) is 4.93. The first kappa shape index (κ1) is 16.0. The van der Waals surface area contributed by atoms with Crippen LogP contribution in [0.4, 0.5) is 0 Å². The van der Waals surface area contributed by atoms with Gasteiger partial charge in [0.15, 0.2) is 5.69 Å². The Hall–Kier alpha value is -1.92. The van der Waals surface area contributed by atoms with Gasteiger partial charge in [-0.15, -0.1) is 5.10 Å². The molecular weight excluding hydrogens is 314 g/mol. The summed E-state index contributed by atoms with van der Waals surface area (Å²) < 4.78 is 1.57. The largest absolute Gasteiger partial charge is 0.337 e. The molecule has 1 unspecified atom stereocenters. The van der Waals surface area contributed by atoms with E-state index in [0.29, 0.717) is 10.7 Å². The fourth-order valence-corrected chi connectivity index (χ4v) is 3.03. The van der Waals surface area contributed by atoms with Crippen LogP contribution in [0.5, 0.6) is 0 Å². The lowest BCUT2D eigenvalue weighted by Gasteiger charge is -2.26. The summed E-state index contributed by atoms with van der Waals surface area (Å²) in [6, 6.07) is 7.53. The predicted molar refractivity (Wildman–Crippen MR) is 89.0 cm³/mol. The van der Waals surface area contributed by atoms with E-state index in [0.717, 1.165) is 38.0 Å². The number of hydrogen-bond acceptors (Lipinski definition) is 4. The van der Waals surface area contributed by atoms with Gasteiger partial charge < -0.3 is 10.2 Å². The van der Waals surface area contributed by atoms with E-state index in [4.69, 9.17) is 11.6 Å². The Bertz CT molecular complexity index is 679. The average Bonchev–Trinajstić information content (AvgIpc) is 2.89. The fraction of sp³-hybridized carbons (Fsp3) is 0.438. The molecule has 1 aliphatic heterocycles. The van der Waals surface area contributed by atoms with E-state index in [9.17, 15) is 4.79 Å². The molecule has 3 rings (SSSR count). The van der Waals surface area contributed by atoms with E-state index < -0.39 is 0 Å². The van der Waals surface area contributed by atoms with Crippen LogP contribution in [0.3, 0.4) is 0 Å². The topological polar surface area (TPSA) is 63.1 Å². The van der Waals surface area contributed by atoms with E-state index in [-0.39, 0.29) is 11.9 Å². The number of rotatable bonds is 3. The molecule has 1 aliphatic rings. The molecule has 0 spiro atoms. The molecule has 0 bridgehead atoms. The van der Waals surface area contributed by atoms with E-state index in [2.05, 4.69) is 15.6 Å². The third kappa shape index (κ3) is 3.71. The number of carbonyl (C=O) groups is 1. The van der Waals surface area contributed by atoms with Gasteiger partial charge in [-0.3, -0.25) is 4.79 Å². The minimum Gasteiger partial charge on any atom is -0.337 e. The number of aromatic nitrogens is 3. The van der Waals surface area contributed by atoms with Crippen molar-refractivity contribution in [3.05, 3.63) is 41.2 Å². The molecular formula is C16H20ClN5O. The van der Waals surface area contributed by atoms with Crippen LogP contribution >= 0.6 is 11.6 Å². The average molecular weight is 334 g/mol. The normalized spacial score (nSPS) is 18.4. The highest BCUT2D eigenvalue weighted by Crippen LogP contribution is 2.16. The summed E-state index contributed by atoms with van der Waals surface area (Å²) in [5.41, 5.74) is 1.13. The van der Waals surface area contributed by atoms with Crippen LogP contribution in [-0.4, -0.2) is 52.0 Å². The molecule has 1 saturated heterocycles. The van der Waals surface area contributed by atoms with Crippen molar-refractivity contribution in [2.75, 3.05) is 20.1 Å². The van der Waals surface area contributed by atoms with Gasteiger partial charge in [-0.2, -0.15) is 0 Å². The fourth-order valence-electron chi connectivity index (χ4n) is 2.84. The molecule has 0 radical (unpaired) electrons. The quantitative estimate of drug-likeness (QED) is 0.934. The van der Waals surface area contributed by atoms with Gasteiger partial charge >= 0.3 is 0 Å². The standard InChI is InChI=1S/C16H20ClN5O/c1-21(13-6-3-8-18-9-7-13)16(23)15-11-22(20-19-15)14-5-2-4-12(17)10-14/h2,4-5,10-11,13,18H,3,6-9H2,1H3. The maximum absolute atomic E-state index is 12.6. The molecule has 1 amide bonds. The van der Waals surface area contributed by atoms with Crippen molar-refractivity contribution in [3.63, 3.8) is 0 Å². The molecule has 1 aromatic carbocycles. The van der Waals surface area contributed by atoms with Crippen molar-refractivity contribution in [2.45, 2.75) is 25.3 Å². The van der Waals surface area contributed by atoms with Gasteiger partial charge in [0.05, 0.1) is 11.9 Å². The van der Waals surface area contributed by atoms with Crippen molar-refractivity contribution < 1.29 is 4.79 Å². The summed E-state index contributed by atoms with van der Waals surface area (Å²) >= 11 is 5.99. The second kappa shape index (κ2) is 7.10. The highest BCUT2D eigenvalue weighted by atomic mass is 35.5. The molecule has 0 aliphatic carbocycles. The maximum atomic E-state index is 12.6. The van der Waals surface area contributed by atoms with Crippen LogP contribution in [0.1, 0.15) is 29.8 Å². The molecule has 1 aromatic heterocycles. The summed E-state index contributed by atoms with van der Waals surface area (Å²) in [4.78, 5) is 14.4. The van der Waals surface area contributed by atoms with Gasteiger partial charge in [0, 0.05) is 18.1 Å². The Morgan fingerprint density at radius 3 is 3.09 bits per heavy atom. The van der Waals surface area contributed by atoms with Gasteiger partial charge in [-0.1, -0.05) is 22.9 Å². The van der Waals surface area contributed by atoms with Gasteiger partial charge in [-0.05, 0) is 50.6 Å². The Morgan fingerprint density at radius 1 is 1.39 bits per heavy atom. The number of nitrogens with one attached hydrogen (secondary N) is 1. The molecule has 23 heavy (non-hydrogen) atoms. The van der Waals surface area contributed by atoms with Crippen molar-refractivity contribution >= 4 is 17.5 Å². The zero-order chi connectivity index (χ0) is 16.2. The van der Waals surface area contributed by atoms with E-state index in [1.54, 1.807) is 27.9 Å². The highest BCUT2D eigenvalue weighted by Gasteiger charge is 2.24. The second-order valence-corrected chi connectivity index (χ2v) is 6.22. The molecule has 2 heterocycles. The molecule has 1 fully saturated rings. The SMILES string of the molecule is CN(C(=O)c1cn(-c2cccc(Cl)c2)nn1)C1CCCNCC1. The predicted octanol–water partition coefficient (Wildman–Crippen LogP) is 2.13. The van der Waals surface area contributed by atoms with Gasteiger partial charge in [0.25, 0.3) is 5.91 Å². The lowest BCUT2D eigenvalue weighted by Crippen LogP contribution is -2.37. The maximum Gasteiger partial charge on any atom is 0.276 e. The Balaban J connectivity index is 1.75. The smallest absolute Gasteiger partial charge is 0.276 e. The van der Waals surface area contributed by atoms with E-state index >= 15 is 0 Å². The second-order valence-electron chi connectivity index (χ2n) is 5.78. The summed E-state index contributed by atoms with van der Waals surface area (Å²) in [5.74, 6) is -0.0924. The Morgan fingerprint density at radius 2 is 2.26 bits per heavy atom. The molecule has 6 nitrogen and oxygen atoms in total. The van der Waals surface area contributed by atoms with Crippen LogP contribution in [0, 0.1) is 0 Å². The van der Waals surface area contributed by atoms with Crippen LogP contribution in [0.15, 0.2) is 30.5 Å². The van der Waals surface area contributed by atoms with Crippen molar-refractivity contribution in [3.8, 4) is 5.69 Å².